The molecule has 1 aromatic carbocycles. The molecule has 0 radical (unpaired) electrons. The molecule has 18 heavy (non-hydrogen) atoms. The van der Waals surface area contributed by atoms with Gasteiger partial charge in [0.2, 0.25) is 0 Å². The summed E-state index contributed by atoms with van der Waals surface area (Å²) in [7, 11) is 0. The van der Waals surface area contributed by atoms with E-state index in [0.717, 1.165) is 23.1 Å². The van der Waals surface area contributed by atoms with Gasteiger partial charge in [-0.05, 0) is 18.2 Å². The van der Waals surface area contributed by atoms with Gasteiger partial charge in [0.1, 0.15) is 5.82 Å². The summed E-state index contributed by atoms with van der Waals surface area (Å²) in [5.41, 5.74) is 0.296. The Morgan fingerprint density at radius 3 is 2.78 bits per heavy atom. The van der Waals surface area contributed by atoms with Gasteiger partial charge in [-0.1, -0.05) is 6.08 Å². The van der Waals surface area contributed by atoms with Gasteiger partial charge < -0.3 is 10.0 Å². The van der Waals surface area contributed by atoms with Gasteiger partial charge in [0.25, 0.3) is 11.7 Å². The van der Waals surface area contributed by atoms with Gasteiger partial charge in [0.05, 0.1) is 11.3 Å². The third-order valence-electron chi connectivity index (χ3n) is 2.48. The number of anilines is 1. The minimum atomic E-state index is -1.15. The van der Waals surface area contributed by atoms with Crippen molar-refractivity contribution in [1.29, 1.82) is 0 Å². The van der Waals surface area contributed by atoms with Gasteiger partial charge in [-0.15, -0.1) is 0 Å². The van der Waals surface area contributed by atoms with Gasteiger partial charge in [-0.3, -0.25) is 9.59 Å². The zero-order valence-electron chi connectivity index (χ0n) is 9.09. The van der Waals surface area contributed by atoms with Gasteiger partial charge in [0, 0.05) is 12.6 Å². The van der Waals surface area contributed by atoms with Crippen molar-refractivity contribution >= 4 is 23.3 Å². The topological polar surface area (TPSA) is 74.7 Å². The number of Topliss-reactive ketones (excluding diaryl/α,β-unsaturated/α-hetero) is 1. The highest BCUT2D eigenvalue weighted by atomic mass is 19.1. The second kappa shape index (κ2) is 4.40. The molecule has 0 bridgehead atoms. The number of carbonyl (C=O) groups excluding carboxylic acids is 2. The number of halogens is 1. The van der Waals surface area contributed by atoms with Crippen LogP contribution >= 0.6 is 0 Å². The van der Waals surface area contributed by atoms with Crippen LogP contribution in [0.4, 0.5) is 10.1 Å². The van der Waals surface area contributed by atoms with E-state index < -0.39 is 23.5 Å². The van der Waals surface area contributed by atoms with Crippen LogP contribution in [0.25, 0.3) is 0 Å². The number of benzene rings is 1. The van der Waals surface area contributed by atoms with Crippen LogP contribution in [0.3, 0.4) is 0 Å². The number of rotatable bonds is 3. The molecule has 0 saturated carbocycles. The highest BCUT2D eigenvalue weighted by Gasteiger charge is 2.35. The number of carbonyl (C=O) groups is 3. The van der Waals surface area contributed by atoms with E-state index in [1.165, 1.54) is 12.1 Å². The Bertz CT molecular complexity index is 579. The van der Waals surface area contributed by atoms with Crippen LogP contribution in [-0.4, -0.2) is 29.3 Å². The highest BCUT2D eigenvalue weighted by molar-refractivity contribution is 6.52. The largest absolute Gasteiger partial charge is 0.478 e. The average Bonchev–Trinajstić information content (AvgIpc) is 2.54. The molecule has 1 heterocycles. The van der Waals surface area contributed by atoms with E-state index in [-0.39, 0.29) is 12.1 Å². The Hall–Kier alpha value is -2.50. The van der Waals surface area contributed by atoms with Gasteiger partial charge in [0.15, 0.2) is 0 Å². The first kappa shape index (κ1) is 12.0. The molecule has 6 heteroatoms. The fourth-order valence-corrected chi connectivity index (χ4v) is 1.71. The van der Waals surface area contributed by atoms with Crippen LogP contribution in [0.2, 0.25) is 0 Å². The van der Waals surface area contributed by atoms with Crippen molar-refractivity contribution in [3.05, 3.63) is 41.7 Å². The first-order chi connectivity index (χ1) is 8.50. The van der Waals surface area contributed by atoms with Crippen LogP contribution in [-0.2, 0) is 9.59 Å². The first-order valence-corrected chi connectivity index (χ1v) is 5.06. The summed E-state index contributed by atoms with van der Waals surface area (Å²) in [6, 6.07) is 3.46. The van der Waals surface area contributed by atoms with E-state index in [4.69, 9.17) is 5.11 Å². The van der Waals surface area contributed by atoms with Crippen LogP contribution < -0.4 is 4.90 Å². The molecule has 5 nitrogen and oxygen atoms in total. The van der Waals surface area contributed by atoms with E-state index in [1.54, 1.807) is 0 Å². The fourth-order valence-electron chi connectivity index (χ4n) is 1.71. The lowest BCUT2D eigenvalue weighted by Gasteiger charge is -2.13. The summed E-state index contributed by atoms with van der Waals surface area (Å²) in [6.07, 6.45) is 2.12. The molecule has 2 rings (SSSR count). The number of hydrogen-bond donors (Lipinski definition) is 1. The maximum atomic E-state index is 13.0. The summed E-state index contributed by atoms with van der Waals surface area (Å²) < 4.78 is 13.0. The van der Waals surface area contributed by atoms with E-state index in [1.807, 2.05) is 0 Å². The van der Waals surface area contributed by atoms with Gasteiger partial charge in [-0.25, -0.2) is 9.18 Å². The second-order valence-corrected chi connectivity index (χ2v) is 3.65. The SMILES string of the molecule is O=C(O)C=CCN1C(=O)C(=O)c2cc(F)ccc21. The quantitative estimate of drug-likeness (QED) is 0.640. The minimum Gasteiger partial charge on any atom is -0.478 e. The lowest BCUT2D eigenvalue weighted by atomic mass is 10.1. The van der Waals surface area contributed by atoms with Crippen molar-refractivity contribution in [2.45, 2.75) is 0 Å². The van der Waals surface area contributed by atoms with Crippen molar-refractivity contribution in [3.8, 4) is 0 Å². The summed E-state index contributed by atoms with van der Waals surface area (Å²) in [5, 5.41) is 8.43. The predicted molar refractivity (Wildman–Crippen MR) is 59.9 cm³/mol. The lowest BCUT2D eigenvalue weighted by molar-refractivity contribution is -0.131. The highest BCUT2D eigenvalue weighted by Crippen LogP contribution is 2.29. The molecule has 0 unspecified atom stereocenters. The molecule has 0 aliphatic carbocycles. The lowest BCUT2D eigenvalue weighted by Crippen LogP contribution is -2.29. The molecular formula is C12H8FNO4. The number of aliphatic carboxylic acids is 1. The average molecular weight is 249 g/mol. The number of carboxylic acid groups (broad SMARTS) is 1. The third kappa shape index (κ3) is 2.00. The molecule has 1 amide bonds. The zero-order chi connectivity index (χ0) is 13.3. The van der Waals surface area contributed by atoms with Crippen LogP contribution in [0, 0.1) is 5.82 Å². The van der Waals surface area contributed by atoms with Crippen molar-refractivity contribution in [1.82, 2.24) is 0 Å². The normalized spacial score (nSPS) is 14.4. The number of ketones is 1. The van der Waals surface area contributed by atoms with Crippen LogP contribution in [0.5, 0.6) is 0 Å². The Morgan fingerprint density at radius 1 is 1.39 bits per heavy atom. The number of fused-ring (bicyclic) bond motifs is 1. The first-order valence-electron chi connectivity index (χ1n) is 5.06. The van der Waals surface area contributed by atoms with Gasteiger partial charge in [-0.2, -0.15) is 0 Å². The molecular weight excluding hydrogens is 241 g/mol. The smallest absolute Gasteiger partial charge is 0.328 e. The molecule has 1 aliphatic heterocycles. The number of carboxylic acids is 1. The molecule has 0 atom stereocenters. The molecule has 0 aromatic heterocycles. The Balaban J connectivity index is 2.31. The Kier molecular flexibility index (Phi) is 2.93. The standard InChI is InChI=1S/C12H8FNO4/c13-7-3-4-9-8(6-7)11(17)12(18)14(9)5-1-2-10(15)16/h1-4,6H,5H2,(H,15,16). The van der Waals surface area contributed by atoms with E-state index in [0.29, 0.717) is 5.69 Å². The summed E-state index contributed by atoms with van der Waals surface area (Å²) in [4.78, 5) is 34.6. The summed E-state index contributed by atoms with van der Waals surface area (Å²) in [5.74, 6) is -3.32. The van der Waals surface area contributed by atoms with Gasteiger partial charge >= 0.3 is 5.97 Å². The Morgan fingerprint density at radius 2 is 2.11 bits per heavy atom. The molecule has 0 spiro atoms. The van der Waals surface area contributed by atoms with Crippen molar-refractivity contribution in [2.75, 3.05) is 11.4 Å². The molecule has 0 saturated heterocycles. The van der Waals surface area contributed by atoms with E-state index in [9.17, 15) is 18.8 Å². The minimum absolute atomic E-state index is 0.00345. The van der Waals surface area contributed by atoms with Crippen LogP contribution in [0.15, 0.2) is 30.4 Å². The van der Waals surface area contributed by atoms with Crippen LogP contribution in [0.1, 0.15) is 10.4 Å². The maximum Gasteiger partial charge on any atom is 0.328 e. The monoisotopic (exact) mass is 249 g/mol. The van der Waals surface area contributed by atoms with Crippen molar-refractivity contribution < 1.29 is 23.9 Å². The molecule has 0 fully saturated rings. The maximum absolute atomic E-state index is 13.0. The molecule has 1 N–H and O–H groups in total. The summed E-state index contributed by atoms with van der Waals surface area (Å²) in [6.45, 7) is -0.0461. The van der Waals surface area contributed by atoms with E-state index >= 15 is 0 Å². The fraction of sp³-hybridized carbons (Fsp3) is 0.0833. The number of hydrogen-bond acceptors (Lipinski definition) is 3. The molecule has 92 valence electrons. The predicted octanol–water partition coefficient (Wildman–Crippen LogP) is 0.996. The molecule has 1 aromatic rings. The van der Waals surface area contributed by atoms with Crippen molar-refractivity contribution in [3.63, 3.8) is 0 Å². The van der Waals surface area contributed by atoms with Crippen molar-refractivity contribution in [2.24, 2.45) is 0 Å². The summed E-state index contributed by atoms with van der Waals surface area (Å²) >= 11 is 0. The third-order valence-corrected chi connectivity index (χ3v) is 2.48. The number of nitrogens with zero attached hydrogens (tertiary/aromatic N) is 1. The Labute approximate surface area is 101 Å². The second-order valence-electron chi connectivity index (χ2n) is 3.65. The van der Waals surface area contributed by atoms with E-state index in [2.05, 4.69) is 0 Å². The molecule has 1 aliphatic rings. The zero-order valence-corrected chi connectivity index (χ0v) is 9.09. The number of amides is 1.